The van der Waals surface area contributed by atoms with Crippen molar-refractivity contribution in [2.24, 2.45) is 11.7 Å². The van der Waals surface area contributed by atoms with Gasteiger partial charge in [-0.1, -0.05) is 31.4 Å². The molecule has 2 aliphatic carbocycles. The summed E-state index contributed by atoms with van der Waals surface area (Å²) in [4.78, 5) is 14.9. The summed E-state index contributed by atoms with van der Waals surface area (Å²) in [6, 6.07) is 6.42. The van der Waals surface area contributed by atoms with Gasteiger partial charge in [-0.25, -0.2) is 4.39 Å². The van der Waals surface area contributed by atoms with Gasteiger partial charge in [0, 0.05) is 13.1 Å². The molecule has 2 N–H and O–H groups in total. The fourth-order valence-corrected chi connectivity index (χ4v) is 3.35. The maximum Gasteiger partial charge on any atom is 0.242 e. The van der Waals surface area contributed by atoms with Crippen LogP contribution >= 0.6 is 12.4 Å². The Morgan fingerprint density at radius 3 is 2.35 bits per heavy atom. The van der Waals surface area contributed by atoms with Crippen LogP contribution in [0, 0.1) is 11.7 Å². The van der Waals surface area contributed by atoms with Crippen molar-refractivity contribution in [1.29, 1.82) is 0 Å². The number of hydrogen-bond donors (Lipinski definition) is 1. The third-order valence-corrected chi connectivity index (χ3v) is 4.92. The van der Waals surface area contributed by atoms with E-state index in [4.69, 9.17) is 5.73 Å². The molecule has 1 aromatic carbocycles. The summed E-state index contributed by atoms with van der Waals surface area (Å²) in [5, 5.41) is 0. The van der Waals surface area contributed by atoms with Gasteiger partial charge in [-0.3, -0.25) is 4.79 Å². The molecule has 2 saturated carbocycles. The van der Waals surface area contributed by atoms with Crippen molar-refractivity contribution in [2.45, 2.75) is 57.0 Å². The largest absolute Gasteiger partial charge is 0.336 e. The lowest BCUT2D eigenvalue weighted by Gasteiger charge is -2.37. The van der Waals surface area contributed by atoms with Crippen molar-refractivity contribution in [3.63, 3.8) is 0 Å². The van der Waals surface area contributed by atoms with Crippen LogP contribution in [-0.4, -0.2) is 22.9 Å². The molecule has 0 aromatic heterocycles. The highest BCUT2D eigenvalue weighted by molar-refractivity contribution is 5.86. The Hall–Kier alpha value is -1.13. The van der Waals surface area contributed by atoms with Gasteiger partial charge in [0.1, 0.15) is 5.82 Å². The molecule has 2 aliphatic rings. The predicted octanol–water partition coefficient (Wildman–Crippen LogP) is 3.65. The van der Waals surface area contributed by atoms with E-state index in [1.54, 1.807) is 12.1 Å². The normalized spacial score (nSPS) is 19.7. The van der Waals surface area contributed by atoms with E-state index in [0.717, 1.165) is 37.8 Å². The van der Waals surface area contributed by atoms with Crippen molar-refractivity contribution >= 4 is 18.3 Å². The van der Waals surface area contributed by atoms with Crippen LogP contribution in [0.5, 0.6) is 0 Å². The van der Waals surface area contributed by atoms with Gasteiger partial charge in [0.2, 0.25) is 5.91 Å². The van der Waals surface area contributed by atoms with E-state index in [9.17, 15) is 9.18 Å². The van der Waals surface area contributed by atoms with E-state index in [2.05, 4.69) is 0 Å². The topological polar surface area (TPSA) is 46.3 Å². The summed E-state index contributed by atoms with van der Waals surface area (Å²) >= 11 is 0. The Kier molecular flexibility index (Phi) is 6.04. The van der Waals surface area contributed by atoms with Gasteiger partial charge < -0.3 is 10.6 Å². The summed E-state index contributed by atoms with van der Waals surface area (Å²) in [5.74, 6) is 0.464. The lowest BCUT2D eigenvalue weighted by Crippen LogP contribution is -2.56. The summed E-state index contributed by atoms with van der Waals surface area (Å²) in [5.41, 5.74) is 6.71. The van der Waals surface area contributed by atoms with Crippen molar-refractivity contribution < 1.29 is 9.18 Å². The molecule has 1 amide bonds. The first-order valence-electron chi connectivity index (χ1n) is 8.39. The highest BCUT2D eigenvalue weighted by Crippen LogP contribution is 2.33. The Morgan fingerprint density at radius 2 is 1.78 bits per heavy atom. The molecular formula is C18H26ClFN2O. The average molecular weight is 341 g/mol. The summed E-state index contributed by atoms with van der Waals surface area (Å²) in [7, 11) is 0. The number of nitrogens with zero attached hydrogens (tertiary/aromatic N) is 1. The molecule has 0 atom stereocenters. The van der Waals surface area contributed by atoms with Gasteiger partial charge in [0.15, 0.2) is 0 Å². The van der Waals surface area contributed by atoms with Gasteiger partial charge in [-0.2, -0.15) is 0 Å². The first-order chi connectivity index (χ1) is 10.6. The van der Waals surface area contributed by atoms with E-state index < -0.39 is 5.54 Å². The predicted molar refractivity (Wildman–Crippen MR) is 91.8 cm³/mol. The molecule has 0 unspecified atom stereocenters. The molecule has 3 rings (SSSR count). The van der Waals surface area contributed by atoms with Crippen LogP contribution in [0.15, 0.2) is 24.3 Å². The lowest BCUT2D eigenvalue weighted by molar-refractivity contribution is -0.139. The first kappa shape index (κ1) is 18.2. The number of nitrogens with two attached hydrogens (primary N) is 1. The molecule has 0 spiro atoms. The van der Waals surface area contributed by atoms with E-state index in [0.29, 0.717) is 12.5 Å². The molecule has 0 saturated heterocycles. The zero-order chi connectivity index (χ0) is 15.6. The van der Waals surface area contributed by atoms with E-state index >= 15 is 0 Å². The Morgan fingerprint density at radius 1 is 1.17 bits per heavy atom. The minimum absolute atomic E-state index is 0. The first-order valence-corrected chi connectivity index (χ1v) is 8.39. The summed E-state index contributed by atoms with van der Waals surface area (Å²) in [6.07, 6.45) is 7.22. The fourth-order valence-electron chi connectivity index (χ4n) is 3.35. The second kappa shape index (κ2) is 7.63. The van der Waals surface area contributed by atoms with Crippen LogP contribution in [0.4, 0.5) is 4.39 Å². The van der Waals surface area contributed by atoms with Gasteiger partial charge in [0.05, 0.1) is 5.54 Å². The average Bonchev–Trinajstić information content (AvgIpc) is 3.33. The second-order valence-electron chi connectivity index (χ2n) is 6.97. The minimum atomic E-state index is -0.687. The molecule has 0 radical (unpaired) electrons. The van der Waals surface area contributed by atoms with Crippen LogP contribution in [0.2, 0.25) is 0 Å². The van der Waals surface area contributed by atoms with Crippen molar-refractivity contribution in [3.8, 4) is 0 Å². The monoisotopic (exact) mass is 340 g/mol. The zero-order valence-corrected chi connectivity index (χ0v) is 14.3. The number of amides is 1. The van der Waals surface area contributed by atoms with E-state index in [1.807, 2.05) is 4.90 Å². The zero-order valence-electron chi connectivity index (χ0n) is 13.5. The Bertz CT molecular complexity index is 524. The summed E-state index contributed by atoms with van der Waals surface area (Å²) < 4.78 is 13.1. The molecule has 2 fully saturated rings. The molecule has 0 bridgehead atoms. The highest BCUT2D eigenvalue weighted by Gasteiger charge is 2.39. The lowest BCUT2D eigenvalue weighted by atomic mass is 9.81. The van der Waals surface area contributed by atoms with Crippen LogP contribution in [0.25, 0.3) is 0 Å². The third-order valence-electron chi connectivity index (χ3n) is 4.92. The smallest absolute Gasteiger partial charge is 0.242 e. The van der Waals surface area contributed by atoms with Gasteiger partial charge >= 0.3 is 0 Å². The van der Waals surface area contributed by atoms with Gasteiger partial charge in [0.25, 0.3) is 0 Å². The standard InChI is InChI=1S/C18H25FN2O.ClH/c19-16-8-6-15(7-9-16)13-21(12-14-4-5-14)17(22)18(20)10-2-1-3-11-18;/h6-9,14H,1-5,10-13,20H2;1H. The van der Waals surface area contributed by atoms with Crippen LogP contribution < -0.4 is 5.73 Å². The quantitative estimate of drug-likeness (QED) is 0.889. The Balaban J connectivity index is 0.00000192. The molecule has 5 heteroatoms. The maximum atomic E-state index is 13.1. The molecular weight excluding hydrogens is 315 g/mol. The molecule has 128 valence electrons. The van der Waals surface area contributed by atoms with Gasteiger partial charge in [-0.05, 0) is 49.3 Å². The third kappa shape index (κ3) is 4.67. The molecule has 23 heavy (non-hydrogen) atoms. The van der Waals surface area contributed by atoms with Crippen molar-refractivity contribution in [2.75, 3.05) is 6.54 Å². The number of halogens is 2. The van der Waals surface area contributed by atoms with Gasteiger partial charge in [-0.15, -0.1) is 12.4 Å². The Labute approximate surface area is 143 Å². The van der Waals surface area contributed by atoms with Crippen LogP contribution in [0.1, 0.15) is 50.5 Å². The summed E-state index contributed by atoms with van der Waals surface area (Å²) in [6.45, 7) is 1.32. The molecule has 0 heterocycles. The van der Waals surface area contributed by atoms with E-state index in [1.165, 1.54) is 31.4 Å². The van der Waals surface area contributed by atoms with Crippen LogP contribution in [0.3, 0.4) is 0 Å². The SMILES string of the molecule is Cl.NC1(C(=O)N(Cc2ccc(F)cc2)CC2CC2)CCCCC1. The van der Waals surface area contributed by atoms with Crippen LogP contribution in [-0.2, 0) is 11.3 Å². The minimum Gasteiger partial charge on any atom is -0.336 e. The number of carbonyl (C=O) groups excluding carboxylic acids is 1. The fraction of sp³-hybridized carbons (Fsp3) is 0.611. The highest BCUT2D eigenvalue weighted by atomic mass is 35.5. The number of rotatable bonds is 5. The number of carbonyl (C=O) groups is 1. The maximum absolute atomic E-state index is 13.1. The molecule has 1 aromatic rings. The second-order valence-corrected chi connectivity index (χ2v) is 6.97. The van der Waals surface area contributed by atoms with Crippen molar-refractivity contribution in [3.05, 3.63) is 35.6 Å². The molecule has 0 aliphatic heterocycles. The van der Waals surface area contributed by atoms with E-state index in [-0.39, 0.29) is 24.1 Å². The number of benzene rings is 1. The number of hydrogen-bond acceptors (Lipinski definition) is 2. The molecule has 3 nitrogen and oxygen atoms in total. The van der Waals surface area contributed by atoms with Crippen molar-refractivity contribution in [1.82, 2.24) is 4.90 Å².